The van der Waals surface area contributed by atoms with Gasteiger partial charge in [-0.1, -0.05) is 13.3 Å². The Morgan fingerprint density at radius 1 is 1.25 bits per heavy atom. The summed E-state index contributed by atoms with van der Waals surface area (Å²) in [6, 6.07) is 0.852. The highest BCUT2D eigenvalue weighted by Gasteiger charge is 2.35. The second-order valence-corrected chi connectivity index (χ2v) is 7.27. The van der Waals surface area contributed by atoms with E-state index < -0.39 is 0 Å². The Morgan fingerprint density at radius 2 is 2.00 bits per heavy atom. The van der Waals surface area contributed by atoms with Crippen molar-refractivity contribution in [2.45, 2.75) is 57.2 Å². The molecule has 1 heterocycles. The van der Waals surface area contributed by atoms with Gasteiger partial charge in [0, 0.05) is 31.7 Å². The molecule has 0 spiro atoms. The first-order valence-corrected chi connectivity index (χ1v) is 8.32. The zero-order chi connectivity index (χ0) is 14.7. The zero-order valence-electron chi connectivity index (χ0n) is 13.5. The molecule has 4 heteroatoms. The van der Waals surface area contributed by atoms with Crippen molar-refractivity contribution in [2.24, 2.45) is 17.6 Å². The molecule has 4 nitrogen and oxygen atoms in total. The van der Waals surface area contributed by atoms with Crippen molar-refractivity contribution in [3.8, 4) is 0 Å². The lowest BCUT2D eigenvalue weighted by Crippen LogP contribution is -2.46. The number of aliphatic hydroxyl groups is 1. The maximum atomic E-state index is 9.99. The van der Waals surface area contributed by atoms with E-state index in [4.69, 9.17) is 5.73 Å². The molecule has 118 valence electrons. The minimum Gasteiger partial charge on any atom is -0.392 e. The van der Waals surface area contributed by atoms with Gasteiger partial charge in [0.2, 0.25) is 0 Å². The van der Waals surface area contributed by atoms with Gasteiger partial charge in [0.05, 0.1) is 6.10 Å². The highest BCUT2D eigenvalue weighted by molar-refractivity contribution is 4.91. The van der Waals surface area contributed by atoms with E-state index in [0.717, 1.165) is 32.0 Å². The second kappa shape index (κ2) is 7.21. The molecule has 3 N–H and O–H groups in total. The van der Waals surface area contributed by atoms with Crippen LogP contribution < -0.4 is 5.73 Å². The van der Waals surface area contributed by atoms with Crippen LogP contribution in [0.1, 0.15) is 39.0 Å². The fourth-order valence-corrected chi connectivity index (χ4v) is 4.06. The van der Waals surface area contributed by atoms with E-state index in [1.54, 1.807) is 0 Å². The molecule has 1 aliphatic heterocycles. The molecule has 0 amide bonds. The van der Waals surface area contributed by atoms with Gasteiger partial charge in [0.15, 0.2) is 0 Å². The fourth-order valence-electron chi connectivity index (χ4n) is 4.06. The van der Waals surface area contributed by atoms with Crippen LogP contribution in [0.15, 0.2) is 0 Å². The normalized spacial score (nSPS) is 39.6. The molecule has 1 saturated heterocycles. The van der Waals surface area contributed by atoms with Crippen LogP contribution in [0.4, 0.5) is 0 Å². The third-order valence-electron chi connectivity index (χ3n) is 5.28. The molecule has 5 unspecified atom stereocenters. The lowest BCUT2D eigenvalue weighted by Gasteiger charge is -2.38. The van der Waals surface area contributed by atoms with Gasteiger partial charge in [-0.25, -0.2) is 0 Å². The Hall–Kier alpha value is -0.160. The number of likely N-dealkylation sites (tertiary alicyclic amines) is 1. The summed E-state index contributed by atoms with van der Waals surface area (Å²) in [5.41, 5.74) is 6.36. The lowest BCUT2D eigenvalue weighted by atomic mass is 9.77. The van der Waals surface area contributed by atoms with Crippen LogP contribution in [-0.2, 0) is 0 Å². The zero-order valence-corrected chi connectivity index (χ0v) is 13.5. The summed E-state index contributed by atoms with van der Waals surface area (Å²) in [4.78, 5) is 4.72. The molecule has 1 saturated carbocycles. The lowest BCUT2D eigenvalue weighted by molar-refractivity contribution is 0.123. The molecule has 1 aliphatic carbocycles. The SMILES string of the molecule is CCC1CCC(N)C(CN2CC(O)CC2CN(C)C)C1. The third kappa shape index (κ3) is 4.17. The number of hydrogen-bond donors (Lipinski definition) is 2. The second-order valence-electron chi connectivity index (χ2n) is 7.27. The molecule has 5 atom stereocenters. The van der Waals surface area contributed by atoms with E-state index in [-0.39, 0.29) is 6.10 Å². The van der Waals surface area contributed by atoms with Gasteiger partial charge in [-0.15, -0.1) is 0 Å². The van der Waals surface area contributed by atoms with Crippen molar-refractivity contribution < 1.29 is 5.11 Å². The summed E-state index contributed by atoms with van der Waals surface area (Å²) in [6.07, 6.45) is 5.81. The van der Waals surface area contributed by atoms with Crippen molar-refractivity contribution in [2.75, 3.05) is 33.7 Å². The standard InChI is InChI=1S/C16H33N3O/c1-4-12-5-6-16(17)13(7-12)9-19-11-15(20)8-14(19)10-18(2)3/h12-16,20H,4-11,17H2,1-3H3. The highest BCUT2D eigenvalue weighted by Crippen LogP contribution is 2.32. The summed E-state index contributed by atoms with van der Waals surface area (Å²) in [6.45, 7) is 5.25. The number of nitrogens with two attached hydrogens (primary N) is 1. The average Bonchev–Trinajstić information content (AvgIpc) is 2.71. The molecule has 0 aromatic rings. The Bertz CT molecular complexity index is 297. The van der Waals surface area contributed by atoms with E-state index in [2.05, 4.69) is 30.8 Å². The van der Waals surface area contributed by atoms with Crippen LogP contribution >= 0.6 is 0 Å². The number of hydrogen-bond acceptors (Lipinski definition) is 4. The van der Waals surface area contributed by atoms with Gasteiger partial charge in [-0.3, -0.25) is 4.90 Å². The molecule has 0 aromatic heterocycles. The predicted molar refractivity (Wildman–Crippen MR) is 83.6 cm³/mol. The summed E-state index contributed by atoms with van der Waals surface area (Å²) in [7, 11) is 4.23. The van der Waals surface area contributed by atoms with Crippen LogP contribution in [-0.4, -0.2) is 66.8 Å². The van der Waals surface area contributed by atoms with E-state index in [1.165, 1.54) is 25.7 Å². The van der Waals surface area contributed by atoms with Gasteiger partial charge >= 0.3 is 0 Å². The van der Waals surface area contributed by atoms with Crippen molar-refractivity contribution >= 4 is 0 Å². The van der Waals surface area contributed by atoms with Crippen molar-refractivity contribution in [1.82, 2.24) is 9.80 Å². The first-order valence-electron chi connectivity index (χ1n) is 8.32. The highest BCUT2D eigenvalue weighted by atomic mass is 16.3. The van der Waals surface area contributed by atoms with E-state index in [1.807, 2.05) is 0 Å². The number of aliphatic hydroxyl groups excluding tert-OH is 1. The summed E-state index contributed by atoms with van der Waals surface area (Å²) in [5.74, 6) is 1.48. The van der Waals surface area contributed by atoms with Gasteiger partial charge in [-0.05, 0) is 51.6 Å². The molecular weight excluding hydrogens is 250 g/mol. The fraction of sp³-hybridized carbons (Fsp3) is 1.00. The van der Waals surface area contributed by atoms with Crippen LogP contribution in [0.3, 0.4) is 0 Å². The molecule has 2 rings (SSSR count). The molecule has 0 bridgehead atoms. The van der Waals surface area contributed by atoms with Gasteiger partial charge in [0.25, 0.3) is 0 Å². The topological polar surface area (TPSA) is 52.7 Å². The Morgan fingerprint density at radius 3 is 2.65 bits per heavy atom. The number of β-amino-alcohol motifs (C(OH)–C–C–N with tert-alkyl or cyclic N) is 1. The van der Waals surface area contributed by atoms with Crippen LogP contribution in [0.25, 0.3) is 0 Å². The first kappa shape index (κ1) is 16.2. The van der Waals surface area contributed by atoms with Gasteiger partial charge in [0.1, 0.15) is 0 Å². The Balaban J connectivity index is 1.92. The van der Waals surface area contributed by atoms with E-state index in [9.17, 15) is 5.11 Å². The monoisotopic (exact) mass is 283 g/mol. The number of nitrogens with zero attached hydrogens (tertiary/aromatic N) is 2. The molecule has 2 aliphatic rings. The van der Waals surface area contributed by atoms with E-state index >= 15 is 0 Å². The van der Waals surface area contributed by atoms with Gasteiger partial charge < -0.3 is 15.7 Å². The largest absolute Gasteiger partial charge is 0.392 e. The van der Waals surface area contributed by atoms with Crippen molar-refractivity contribution in [3.63, 3.8) is 0 Å². The molecule has 2 fully saturated rings. The minimum atomic E-state index is -0.151. The Labute approximate surface area is 124 Å². The number of likely N-dealkylation sites (N-methyl/N-ethyl adjacent to an activating group) is 1. The summed E-state index contributed by atoms with van der Waals surface area (Å²) >= 11 is 0. The molecule has 0 aromatic carbocycles. The van der Waals surface area contributed by atoms with E-state index in [0.29, 0.717) is 18.0 Å². The Kier molecular flexibility index (Phi) is 5.84. The van der Waals surface area contributed by atoms with Crippen LogP contribution in [0.5, 0.6) is 0 Å². The minimum absolute atomic E-state index is 0.151. The number of rotatable bonds is 5. The third-order valence-corrected chi connectivity index (χ3v) is 5.28. The summed E-state index contributed by atoms with van der Waals surface area (Å²) < 4.78 is 0. The van der Waals surface area contributed by atoms with Crippen LogP contribution in [0, 0.1) is 11.8 Å². The van der Waals surface area contributed by atoms with Crippen molar-refractivity contribution in [3.05, 3.63) is 0 Å². The van der Waals surface area contributed by atoms with Crippen LogP contribution in [0.2, 0.25) is 0 Å². The first-order chi connectivity index (χ1) is 9.49. The summed E-state index contributed by atoms with van der Waals surface area (Å²) in [5, 5.41) is 9.99. The quantitative estimate of drug-likeness (QED) is 0.794. The molecule has 0 radical (unpaired) electrons. The van der Waals surface area contributed by atoms with Gasteiger partial charge in [-0.2, -0.15) is 0 Å². The predicted octanol–water partition coefficient (Wildman–Crippen LogP) is 1.14. The smallest absolute Gasteiger partial charge is 0.0682 e. The van der Waals surface area contributed by atoms with Crippen molar-refractivity contribution in [1.29, 1.82) is 0 Å². The average molecular weight is 283 g/mol. The maximum Gasteiger partial charge on any atom is 0.0682 e. The maximum absolute atomic E-state index is 9.99. The molecular formula is C16H33N3O. The molecule has 20 heavy (non-hydrogen) atoms.